The SMILES string of the molecule is OC(CCc1ccccc1)C(Cl)CCl. The van der Waals surface area contributed by atoms with Gasteiger partial charge in [-0.15, -0.1) is 23.2 Å². The molecule has 1 aromatic rings. The molecular weight excluding hydrogens is 219 g/mol. The highest BCUT2D eigenvalue weighted by Crippen LogP contribution is 2.12. The molecule has 2 unspecified atom stereocenters. The first-order valence-corrected chi connectivity index (χ1v) is 5.63. The molecule has 0 saturated carbocycles. The van der Waals surface area contributed by atoms with Crippen molar-refractivity contribution in [2.24, 2.45) is 0 Å². The quantitative estimate of drug-likeness (QED) is 0.775. The fourth-order valence-electron chi connectivity index (χ4n) is 1.24. The highest BCUT2D eigenvalue weighted by molar-refractivity contribution is 6.28. The van der Waals surface area contributed by atoms with Crippen LogP contribution < -0.4 is 0 Å². The van der Waals surface area contributed by atoms with Crippen molar-refractivity contribution in [3.63, 3.8) is 0 Å². The Morgan fingerprint density at radius 2 is 1.86 bits per heavy atom. The summed E-state index contributed by atoms with van der Waals surface area (Å²) in [6.45, 7) is 0. The summed E-state index contributed by atoms with van der Waals surface area (Å²) in [5.74, 6) is 0.289. The molecule has 0 aliphatic heterocycles. The number of halogens is 2. The Balaban J connectivity index is 2.34. The van der Waals surface area contributed by atoms with E-state index >= 15 is 0 Å². The van der Waals surface area contributed by atoms with E-state index in [0.717, 1.165) is 6.42 Å². The van der Waals surface area contributed by atoms with Crippen LogP contribution in [0.5, 0.6) is 0 Å². The van der Waals surface area contributed by atoms with Crippen molar-refractivity contribution >= 4 is 23.2 Å². The van der Waals surface area contributed by atoms with Gasteiger partial charge in [0, 0.05) is 5.88 Å². The monoisotopic (exact) mass is 232 g/mol. The molecule has 3 heteroatoms. The Kier molecular flexibility index (Phi) is 5.31. The standard InChI is InChI=1S/C11H14Cl2O/c12-8-10(13)11(14)7-6-9-4-2-1-3-5-9/h1-5,10-11,14H,6-8H2. The second kappa shape index (κ2) is 6.28. The van der Waals surface area contributed by atoms with Crippen LogP contribution in [0.4, 0.5) is 0 Å². The van der Waals surface area contributed by atoms with Crippen LogP contribution >= 0.6 is 23.2 Å². The number of aliphatic hydroxyl groups excluding tert-OH is 1. The predicted octanol–water partition coefficient (Wildman–Crippen LogP) is 2.83. The van der Waals surface area contributed by atoms with Gasteiger partial charge in [0.2, 0.25) is 0 Å². The van der Waals surface area contributed by atoms with E-state index in [0.29, 0.717) is 6.42 Å². The maximum Gasteiger partial charge on any atom is 0.0730 e. The van der Waals surface area contributed by atoms with Crippen molar-refractivity contribution in [1.82, 2.24) is 0 Å². The summed E-state index contributed by atoms with van der Waals surface area (Å²) < 4.78 is 0. The Hall–Kier alpha value is -0.240. The molecule has 1 nitrogen and oxygen atoms in total. The van der Waals surface area contributed by atoms with Crippen LogP contribution in [0.25, 0.3) is 0 Å². The average molecular weight is 233 g/mol. The van der Waals surface area contributed by atoms with Crippen LogP contribution in [0.15, 0.2) is 30.3 Å². The topological polar surface area (TPSA) is 20.2 Å². The van der Waals surface area contributed by atoms with Gasteiger partial charge in [-0.05, 0) is 18.4 Å². The van der Waals surface area contributed by atoms with Crippen LogP contribution in [-0.4, -0.2) is 22.5 Å². The average Bonchev–Trinajstić information content (AvgIpc) is 2.26. The number of hydrogen-bond donors (Lipinski definition) is 1. The summed E-state index contributed by atoms with van der Waals surface area (Å²) in [5.41, 5.74) is 1.21. The van der Waals surface area contributed by atoms with Crippen LogP contribution in [0.1, 0.15) is 12.0 Å². The van der Waals surface area contributed by atoms with Gasteiger partial charge in [-0.3, -0.25) is 0 Å². The van der Waals surface area contributed by atoms with E-state index in [-0.39, 0.29) is 11.3 Å². The minimum absolute atomic E-state index is 0.289. The molecule has 14 heavy (non-hydrogen) atoms. The van der Waals surface area contributed by atoms with E-state index in [4.69, 9.17) is 23.2 Å². The molecule has 0 aliphatic rings. The Labute approximate surface area is 94.7 Å². The summed E-state index contributed by atoms with van der Waals surface area (Å²) >= 11 is 11.3. The highest BCUT2D eigenvalue weighted by Gasteiger charge is 2.14. The van der Waals surface area contributed by atoms with Gasteiger partial charge in [-0.2, -0.15) is 0 Å². The molecular formula is C11H14Cl2O. The highest BCUT2D eigenvalue weighted by atomic mass is 35.5. The zero-order chi connectivity index (χ0) is 10.4. The van der Waals surface area contributed by atoms with E-state index < -0.39 is 6.10 Å². The van der Waals surface area contributed by atoms with Crippen molar-refractivity contribution in [3.8, 4) is 0 Å². The van der Waals surface area contributed by atoms with Gasteiger partial charge in [0.05, 0.1) is 11.5 Å². The van der Waals surface area contributed by atoms with Gasteiger partial charge < -0.3 is 5.11 Å². The normalized spacial score (nSPS) is 15.1. The van der Waals surface area contributed by atoms with E-state index in [1.807, 2.05) is 30.3 Å². The third-order valence-corrected chi connectivity index (χ3v) is 3.07. The molecule has 0 bridgehead atoms. The van der Waals surface area contributed by atoms with Crippen molar-refractivity contribution in [2.45, 2.75) is 24.3 Å². The smallest absolute Gasteiger partial charge is 0.0730 e. The minimum atomic E-state index is -0.519. The lowest BCUT2D eigenvalue weighted by molar-refractivity contribution is 0.165. The van der Waals surface area contributed by atoms with Gasteiger partial charge in [0.15, 0.2) is 0 Å². The number of alkyl halides is 2. The van der Waals surface area contributed by atoms with Gasteiger partial charge in [0.1, 0.15) is 0 Å². The molecule has 0 aromatic heterocycles. The molecule has 0 heterocycles. The van der Waals surface area contributed by atoms with E-state index in [9.17, 15) is 5.11 Å². The number of aryl methyl sites for hydroxylation is 1. The molecule has 1 N–H and O–H groups in total. The zero-order valence-corrected chi connectivity index (χ0v) is 9.38. The lowest BCUT2D eigenvalue weighted by Crippen LogP contribution is -2.22. The van der Waals surface area contributed by atoms with Crippen LogP contribution in [-0.2, 0) is 6.42 Å². The largest absolute Gasteiger partial charge is 0.392 e. The lowest BCUT2D eigenvalue weighted by Gasteiger charge is -2.13. The molecule has 1 aromatic carbocycles. The van der Waals surface area contributed by atoms with Gasteiger partial charge in [-0.25, -0.2) is 0 Å². The molecule has 2 atom stereocenters. The van der Waals surface area contributed by atoms with E-state index in [1.54, 1.807) is 0 Å². The van der Waals surface area contributed by atoms with Gasteiger partial charge in [0.25, 0.3) is 0 Å². The first kappa shape index (κ1) is 11.8. The second-order valence-corrected chi connectivity index (χ2v) is 4.13. The lowest BCUT2D eigenvalue weighted by atomic mass is 10.1. The molecule has 0 aliphatic carbocycles. The molecule has 78 valence electrons. The van der Waals surface area contributed by atoms with E-state index in [1.165, 1.54) is 5.56 Å². The summed E-state index contributed by atoms with van der Waals surface area (Å²) in [4.78, 5) is 0. The van der Waals surface area contributed by atoms with Crippen molar-refractivity contribution < 1.29 is 5.11 Å². The Bertz CT molecular complexity index is 251. The Morgan fingerprint density at radius 3 is 2.43 bits per heavy atom. The number of aliphatic hydroxyl groups is 1. The Morgan fingerprint density at radius 1 is 1.21 bits per heavy atom. The first-order valence-electron chi connectivity index (χ1n) is 4.66. The first-order chi connectivity index (χ1) is 6.74. The number of hydrogen-bond acceptors (Lipinski definition) is 1. The maximum absolute atomic E-state index is 9.56. The van der Waals surface area contributed by atoms with Crippen molar-refractivity contribution in [2.75, 3.05) is 5.88 Å². The fraction of sp³-hybridized carbons (Fsp3) is 0.455. The number of benzene rings is 1. The van der Waals surface area contributed by atoms with E-state index in [2.05, 4.69) is 0 Å². The van der Waals surface area contributed by atoms with Crippen LogP contribution in [0.2, 0.25) is 0 Å². The van der Waals surface area contributed by atoms with Crippen LogP contribution in [0, 0.1) is 0 Å². The molecule has 0 amide bonds. The summed E-state index contributed by atoms with van der Waals surface area (Å²) in [6, 6.07) is 10.0. The maximum atomic E-state index is 9.56. The summed E-state index contributed by atoms with van der Waals surface area (Å²) in [7, 11) is 0. The third-order valence-electron chi connectivity index (χ3n) is 2.14. The predicted molar refractivity (Wildman–Crippen MR) is 61.1 cm³/mol. The van der Waals surface area contributed by atoms with Gasteiger partial charge >= 0.3 is 0 Å². The van der Waals surface area contributed by atoms with Crippen LogP contribution in [0.3, 0.4) is 0 Å². The van der Waals surface area contributed by atoms with Crippen molar-refractivity contribution in [1.29, 1.82) is 0 Å². The van der Waals surface area contributed by atoms with Gasteiger partial charge in [-0.1, -0.05) is 30.3 Å². The minimum Gasteiger partial charge on any atom is -0.392 e. The third kappa shape index (κ3) is 3.87. The molecule has 0 spiro atoms. The summed E-state index contributed by atoms with van der Waals surface area (Å²) in [6.07, 6.45) is 0.974. The number of rotatable bonds is 5. The zero-order valence-electron chi connectivity index (χ0n) is 7.87. The molecule has 1 rings (SSSR count). The molecule has 0 fully saturated rings. The molecule has 0 saturated heterocycles. The summed E-state index contributed by atoms with van der Waals surface area (Å²) in [5, 5.41) is 9.22. The van der Waals surface area contributed by atoms with Crippen molar-refractivity contribution in [3.05, 3.63) is 35.9 Å². The fourth-order valence-corrected chi connectivity index (χ4v) is 1.57. The second-order valence-electron chi connectivity index (χ2n) is 3.26. The molecule has 0 radical (unpaired) electrons.